The molecule has 154 valence electrons. The van der Waals surface area contributed by atoms with Gasteiger partial charge in [-0.15, -0.1) is 0 Å². The van der Waals surface area contributed by atoms with Gasteiger partial charge in [-0.05, 0) is 54.3 Å². The van der Waals surface area contributed by atoms with E-state index >= 15 is 0 Å². The lowest BCUT2D eigenvalue weighted by molar-refractivity contribution is -0.157. The highest BCUT2D eigenvalue weighted by Gasteiger charge is 2.23. The number of hydrogen-bond acceptors (Lipinski definition) is 4. The number of fused-ring (bicyclic) bond motifs is 1. The molecule has 6 heteroatoms. The number of likely N-dealkylation sites (tertiary alicyclic amines) is 1. The number of carbonyl (C=O) groups excluding carboxylic acids is 2. The van der Waals surface area contributed by atoms with Crippen molar-refractivity contribution in [3.8, 4) is 5.75 Å². The third-order valence-corrected chi connectivity index (χ3v) is 5.41. The third-order valence-electron chi connectivity index (χ3n) is 5.41. The number of nitrogens with zero attached hydrogens (tertiary/aromatic N) is 1. The molecule has 0 radical (unpaired) electrons. The van der Waals surface area contributed by atoms with Crippen molar-refractivity contribution in [2.45, 2.75) is 26.3 Å². The van der Waals surface area contributed by atoms with Crippen LogP contribution >= 0.6 is 0 Å². The van der Waals surface area contributed by atoms with Gasteiger partial charge in [0.15, 0.2) is 5.75 Å². The highest BCUT2D eigenvalue weighted by molar-refractivity contribution is 5.96. The number of rotatable bonds is 5. The number of hydrogen-bond donors (Lipinski definition) is 1. The summed E-state index contributed by atoms with van der Waals surface area (Å²) in [6.07, 6.45) is 0.455. The first-order valence-electron chi connectivity index (χ1n) is 10.1. The zero-order valence-electron chi connectivity index (χ0n) is 17.1. The van der Waals surface area contributed by atoms with Crippen LogP contribution in [0.4, 0.5) is 4.79 Å². The van der Waals surface area contributed by atoms with Gasteiger partial charge in [0.05, 0.1) is 6.04 Å². The molecule has 2 amide bonds. The molecule has 1 aliphatic rings. The predicted octanol–water partition coefficient (Wildman–Crippen LogP) is 4.78. The van der Waals surface area contributed by atoms with E-state index in [1.165, 1.54) is 0 Å². The van der Waals surface area contributed by atoms with Crippen molar-refractivity contribution in [2.75, 3.05) is 13.1 Å². The van der Waals surface area contributed by atoms with E-state index in [1.807, 2.05) is 38.1 Å². The average Bonchev–Trinajstić information content (AvgIpc) is 2.71. The van der Waals surface area contributed by atoms with Crippen molar-refractivity contribution >= 4 is 22.8 Å². The quantitative estimate of drug-likeness (QED) is 0.491. The highest BCUT2D eigenvalue weighted by atomic mass is 17.2. The molecule has 1 aliphatic heterocycles. The van der Waals surface area contributed by atoms with Gasteiger partial charge in [0, 0.05) is 18.7 Å². The zero-order chi connectivity index (χ0) is 21.1. The van der Waals surface area contributed by atoms with Gasteiger partial charge in [-0.2, -0.15) is 0 Å². The minimum Gasteiger partial charge on any atom is -0.345 e. The smallest absolute Gasteiger partial charge is 0.345 e. The molecule has 6 nitrogen and oxygen atoms in total. The second-order valence-corrected chi connectivity index (χ2v) is 7.51. The number of benzene rings is 3. The molecular formula is C24H24N2O4. The first kappa shape index (κ1) is 19.8. The molecule has 1 heterocycles. The number of carbonyl (C=O) groups is 2. The molecule has 3 aromatic carbocycles. The van der Waals surface area contributed by atoms with Crippen molar-refractivity contribution in [3.63, 3.8) is 0 Å². The van der Waals surface area contributed by atoms with Crippen LogP contribution in [0.1, 0.15) is 40.9 Å². The minimum absolute atomic E-state index is 0.184. The number of nitrogens with one attached hydrogen (secondary N) is 1. The summed E-state index contributed by atoms with van der Waals surface area (Å²) in [5.41, 5.74) is 2.33. The van der Waals surface area contributed by atoms with Crippen LogP contribution in [-0.4, -0.2) is 30.0 Å². The van der Waals surface area contributed by atoms with Crippen LogP contribution in [0.3, 0.4) is 0 Å². The van der Waals surface area contributed by atoms with Gasteiger partial charge in [-0.1, -0.05) is 48.5 Å². The zero-order valence-corrected chi connectivity index (χ0v) is 17.1. The molecule has 0 bridgehead atoms. The normalized spacial score (nSPS) is 14.0. The maximum atomic E-state index is 13.0. The summed E-state index contributed by atoms with van der Waals surface area (Å²) in [5.74, 6) is 0.0879. The van der Waals surface area contributed by atoms with Gasteiger partial charge < -0.3 is 10.2 Å². The molecule has 0 aromatic heterocycles. The third kappa shape index (κ3) is 4.08. The fourth-order valence-corrected chi connectivity index (χ4v) is 3.51. The van der Waals surface area contributed by atoms with Gasteiger partial charge in [-0.25, -0.2) is 9.68 Å². The van der Waals surface area contributed by atoms with Crippen LogP contribution in [0.2, 0.25) is 0 Å². The number of amides is 2. The van der Waals surface area contributed by atoms with Crippen LogP contribution in [0.5, 0.6) is 5.75 Å². The summed E-state index contributed by atoms with van der Waals surface area (Å²) >= 11 is 0. The summed E-state index contributed by atoms with van der Waals surface area (Å²) in [7, 11) is 0. The van der Waals surface area contributed by atoms with Crippen molar-refractivity contribution in [2.24, 2.45) is 0 Å². The predicted molar refractivity (Wildman–Crippen MR) is 114 cm³/mol. The lowest BCUT2D eigenvalue weighted by Crippen LogP contribution is -2.42. The Morgan fingerprint density at radius 3 is 2.57 bits per heavy atom. The van der Waals surface area contributed by atoms with E-state index in [-0.39, 0.29) is 11.9 Å². The average molecular weight is 404 g/mol. The van der Waals surface area contributed by atoms with E-state index in [1.54, 1.807) is 23.1 Å². The molecule has 30 heavy (non-hydrogen) atoms. The Morgan fingerprint density at radius 2 is 1.80 bits per heavy atom. The van der Waals surface area contributed by atoms with Crippen molar-refractivity contribution in [1.29, 1.82) is 0 Å². The molecule has 1 fully saturated rings. The number of aryl methyl sites for hydroxylation is 1. The first-order chi connectivity index (χ1) is 14.5. The van der Waals surface area contributed by atoms with Gasteiger partial charge in [0.2, 0.25) is 0 Å². The summed E-state index contributed by atoms with van der Waals surface area (Å²) in [6.45, 7) is 5.17. The molecule has 4 rings (SSSR count). The second-order valence-electron chi connectivity index (χ2n) is 7.51. The lowest BCUT2D eigenvalue weighted by Gasteiger charge is -2.28. The van der Waals surface area contributed by atoms with Crippen LogP contribution in [-0.2, 0) is 4.89 Å². The topological polar surface area (TPSA) is 67.9 Å². The molecule has 0 spiro atoms. The van der Waals surface area contributed by atoms with E-state index in [0.717, 1.165) is 28.3 Å². The van der Waals surface area contributed by atoms with Crippen LogP contribution in [0.25, 0.3) is 10.8 Å². The Kier molecular flexibility index (Phi) is 5.57. The van der Waals surface area contributed by atoms with Gasteiger partial charge >= 0.3 is 6.09 Å². The summed E-state index contributed by atoms with van der Waals surface area (Å²) in [6, 6.07) is 19.0. The van der Waals surface area contributed by atoms with Crippen molar-refractivity contribution in [3.05, 3.63) is 77.4 Å². The fourth-order valence-electron chi connectivity index (χ4n) is 3.51. The van der Waals surface area contributed by atoms with E-state index < -0.39 is 6.09 Å². The lowest BCUT2D eigenvalue weighted by atomic mass is 9.99. The Morgan fingerprint density at radius 1 is 1.03 bits per heavy atom. The Labute approximate surface area is 175 Å². The van der Waals surface area contributed by atoms with E-state index in [9.17, 15) is 9.59 Å². The molecular weight excluding hydrogens is 380 g/mol. The minimum atomic E-state index is -0.516. The van der Waals surface area contributed by atoms with Crippen LogP contribution in [0.15, 0.2) is 60.7 Å². The van der Waals surface area contributed by atoms with Crippen molar-refractivity contribution < 1.29 is 19.4 Å². The standard InChI is InChI=1S/C24H24N2O4/c1-16-11-12-19(29-30-24(28)26-13-6-14-26)15-22(16)23(27)25-17(2)20-10-5-8-18-7-3-4-9-21(18)20/h3-5,7-12,15,17H,6,13-14H2,1-2H3,(H,25,27). The van der Waals surface area contributed by atoms with Crippen LogP contribution < -0.4 is 10.2 Å². The maximum Gasteiger partial charge on any atom is 0.452 e. The van der Waals surface area contributed by atoms with E-state index in [2.05, 4.69) is 23.5 Å². The second kappa shape index (κ2) is 8.45. The molecule has 1 atom stereocenters. The largest absolute Gasteiger partial charge is 0.452 e. The Hall–Kier alpha value is -3.54. The molecule has 1 unspecified atom stereocenters. The van der Waals surface area contributed by atoms with Crippen LogP contribution in [0, 0.1) is 6.92 Å². The summed E-state index contributed by atoms with van der Waals surface area (Å²) < 4.78 is 0. The molecule has 0 saturated carbocycles. The SMILES string of the molecule is Cc1ccc(OOC(=O)N2CCC2)cc1C(=O)NC(C)c1cccc2ccccc12. The van der Waals surface area contributed by atoms with Crippen molar-refractivity contribution in [1.82, 2.24) is 10.2 Å². The molecule has 3 aromatic rings. The highest BCUT2D eigenvalue weighted by Crippen LogP contribution is 2.25. The molecule has 1 N–H and O–H groups in total. The summed E-state index contributed by atoms with van der Waals surface area (Å²) in [4.78, 5) is 36.3. The Balaban J connectivity index is 1.47. The first-order valence-corrected chi connectivity index (χ1v) is 10.1. The van der Waals surface area contributed by atoms with E-state index in [4.69, 9.17) is 9.78 Å². The molecule has 0 aliphatic carbocycles. The van der Waals surface area contributed by atoms with Gasteiger partial charge in [0.1, 0.15) is 0 Å². The van der Waals surface area contributed by atoms with E-state index in [0.29, 0.717) is 24.4 Å². The van der Waals surface area contributed by atoms with Gasteiger partial charge in [-0.3, -0.25) is 9.68 Å². The Bertz CT molecular complexity index is 1090. The monoisotopic (exact) mass is 404 g/mol. The molecule has 1 saturated heterocycles. The van der Waals surface area contributed by atoms with Gasteiger partial charge in [0.25, 0.3) is 5.91 Å². The fraction of sp³-hybridized carbons (Fsp3) is 0.250. The summed E-state index contributed by atoms with van der Waals surface area (Å²) in [5, 5.41) is 5.31. The maximum absolute atomic E-state index is 13.0.